The topological polar surface area (TPSA) is 41.6 Å². The molecule has 1 heterocycles. The van der Waals surface area contributed by atoms with E-state index in [1.807, 2.05) is 11.9 Å². The van der Waals surface area contributed by atoms with Crippen LogP contribution in [0.5, 0.6) is 5.75 Å². The van der Waals surface area contributed by atoms with Crippen LogP contribution in [0.4, 0.5) is 4.39 Å². The first-order chi connectivity index (χ1) is 9.61. The standard InChI is InChI=1S/C14H18BrFN2O2/c1-17-8-11-3-2-6-18(11)14(19)9-20-13-5-4-10(15)7-12(13)16/h4-5,7,11,17H,2-3,6,8-9H2,1H3/t11-/m1/s1. The minimum atomic E-state index is -0.472. The number of halogens is 2. The fourth-order valence-corrected chi connectivity index (χ4v) is 2.76. The summed E-state index contributed by atoms with van der Waals surface area (Å²) in [5.74, 6) is -0.462. The van der Waals surface area contributed by atoms with Crippen molar-refractivity contribution in [3.63, 3.8) is 0 Å². The summed E-state index contributed by atoms with van der Waals surface area (Å²) in [7, 11) is 1.87. The predicted molar refractivity (Wildman–Crippen MR) is 78.3 cm³/mol. The molecule has 0 bridgehead atoms. The largest absolute Gasteiger partial charge is 0.481 e. The van der Waals surface area contributed by atoms with Gasteiger partial charge in [-0.05, 0) is 38.1 Å². The lowest BCUT2D eigenvalue weighted by Gasteiger charge is -2.24. The van der Waals surface area contributed by atoms with E-state index < -0.39 is 5.82 Å². The molecule has 1 saturated heterocycles. The van der Waals surface area contributed by atoms with Gasteiger partial charge in [-0.3, -0.25) is 4.79 Å². The van der Waals surface area contributed by atoms with Gasteiger partial charge >= 0.3 is 0 Å². The van der Waals surface area contributed by atoms with Crippen molar-refractivity contribution in [2.45, 2.75) is 18.9 Å². The van der Waals surface area contributed by atoms with Crippen LogP contribution in [-0.4, -0.2) is 43.6 Å². The van der Waals surface area contributed by atoms with Crippen LogP contribution in [0.1, 0.15) is 12.8 Å². The fourth-order valence-electron chi connectivity index (χ4n) is 2.43. The van der Waals surface area contributed by atoms with E-state index in [1.165, 1.54) is 12.1 Å². The lowest BCUT2D eigenvalue weighted by Crippen LogP contribution is -2.43. The number of likely N-dealkylation sites (N-methyl/N-ethyl adjacent to an activating group) is 1. The highest BCUT2D eigenvalue weighted by Crippen LogP contribution is 2.22. The molecule has 1 aromatic rings. The van der Waals surface area contributed by atoms with Crippen LogP contribution < -0.4 is 10.1 Å². The summed E-state index contributed by atoms with van der Waals surface area (Å²) in [6.07, 6.45) is 2.00. The summed E-state index contributed by atoms with van der Waals surface area (Å²) < 4.78 is 19.5. The van der Waals surface area contributed by atoms with E-state index in [4.69, 9.17) is 4.74 Å². The van der Waals surface area contributed by atoms with Gasteiger partial charge in [0.15, 0.2) is 18.2 Å². The highest BCUT2D eigenvalue weighted by Gasteiger charge is 2.28. The van der Waals surface area contributed by atoms with Gasteiger partial charge in [0.1, 0.15) is 0 Å². The smallest absolute Gasteiger partial charge is 0.260 e. The quantitative estimate of drug-likeness (QED) is 0.890. The summed E-state index contributed by atoms with van der Waals surface area (Å²) in [6.45, 7) is 1.40. The molecule has 0 aromatic heterocycles. The number of nitrogens with one attached hydrogen (secondary N) is 1. The van der Waals surface area contributed by atoms with Crippen LogP contribution in [0, 0.1) is 5.82 Å². The Kier molecular flexibility index (Phi) is 5.37. The number of hydrogen-bond donors (Lipinski definition) is 1. The summed E-state index contributed by atoms with van der Waals surface area (Å²) in [6, 6.07) is 4.73. The van der Waals surface area contributed by atoms with Crippen LogP contribution in [0.15, 0.2) is 22.7 Å². The zero-order chi connectivity index (χ0) is 14.5. The molecular formula is C14H18BrFN2O2. The van der Waals surface area contributed by atoms with E-state index in [0.717, 1.165) is 25.9 Å². The fraction of sp³-hybridized carbons (Fsp3) is 0.500. The van der Waals surface area contributed by atoms with Crippen molar-refractivity contribution < 1.29 is 13.9 Å². The maximum Gasteiger partial charge on any atom is 0.260 e. The van der Waals surface area contributed by atoms with E-state index in [1.54, 1.807) is 6.07 Å². The molecule has 110 valence electrons. The first kappa shape index (κ1) is 15.3. The third-order valence-corrected chi connectivity index (χ3v) is 3.88. The lowest BCUT2D eigenvalue weighted by atomic mass is 10.2. The summed E-state index contributed by atoms with van der Waals surface area (Å²) >= 11 is 3.18. The number of nitrogens with zero attached hydrogens (tertiary/aromatic N) is 1. The van der Waals surface area contributed by atoms with Gasteiger partial charge < -0.3 is 15.0 Å². The SMILES string of the molecule is CNC[C@H]1CCCN1C(=O)COc1ccc(Br)cc1F. The number of ether oxygens (including phenoxy) is 1. The number of rotatable bonds is 5. The third kappa shape index (κ3) is 3.70. The third-order valence-electron chi connectivity index (χ3n) is 3.38. The van der Waals surface area contributed by atoms with Gasteiger partial charge in [0.05, 0.1) is 0 Å². The van der Waals surface area contributed by atoms with E-state index >= 15 is 0 Å². The number of hydrogen-bond acceptors (Lipinski definition) is 3. The van der Waals surface area contributed by atoms with Gasteiger partial charge in [-0.2, -0.15) is 0 Å². The molecule has 1 aliphatic heterocycles. The summed E-state index contributed by atoms with van der Waals surface area (Å²) in [5, 5.41) is 3.08. The molecule has 0 spiro atoms. The molecule has 0 unspecified atom stereocenters. The second-order valence-electron chi connectivity index (χ2n) is 4.80. The molecule has 0 saturated carbocycles. The number of benzene rings is 1. The minimum absolute atomic E-state index is 0.0925. The monoisotopic (exact) mass is 344 g/mol. The van der Waals surface area contributed by atoms with Crippen LogP contribution in [0.3, 0.4) is 0 Å². The predicted octanol–water partition coefficient (Wildman–Crippen LogP) is 2.18. The number of carbonyl (C=O) groups excluding carboxylic acids is 1. The maximum atomic E-state index is 13.6. The molecule has 20 heavy (non-hydrogen) atoms. The molecule has 1 amide bonds. The number of carbonyl (C=O) groups is 1. The van der Waals surface area contributed by atoms with Gasteiger partial charge in [0.25, 0.3) is 5.91 Å². The molecular weight excluding hydrogens is 327 g/mol. The molecule has 1 aliphatic rings. The Labute approximate surface area is 126 Å². The Hall–Kier alpha value is -1.14. The van der Waals surface area contributed by atoms with Gasteiger partial charge in [-0.25, -0.2) is 4.39 Å². The summed E-state index contributed by atoms with van der Waals surface area (Å²) in [4.78, 5) is 13.9. The summed E-state index contributed by atoms with van der Waals surface area (Å²) in [5.41, 5.74) is 0. The van der Waals surface area contributed by atoms with Crippen LogP contribution in [0.2, 0.25) is 0 Å². The van der Waals surface area contributed by atoms with Crippen LogP contribution in [-0.2, 0) is 4.79 Å². The Bertz CT molecular complexity index is 484. The molecule has 2 rings (SSSR count). The first-order valence-corrected chi connectivity index (χ1v) is 7.43. The van der Waals surface area contributed by atoms with Gasteiger partial charge in [0.2, 0.25) is 0 Å². The molecule has 4 nitrogen and oxygen atoms in total. The van der Waals surface area contributed by atoms with E-state index in [0.29, 0.717) is 4.47 Å². The normalized spacial score (nSPS) is 18.4. The highest BCUT2D eigenvalue weighted by molar-refractivity contribution is 9.10. The molecule has 1 aromatic carbocycles. The highest BCUT2D eigenvalue weighted by atomic mass is 79.9. The van der Waals surface area contributed by atoms with Crippen molar-refractivity contribution in [1.29, 1.82) is 0 Å². The zero-order valence-electron chi connectivity index (χ0n) is 11.4. The number of amides is 1. The molecule has 1 atom stereocenters. The Morgan fingerprint density at radius 1 is 1.60 bits per heavy atom. The van der Waals surface area contributed by atoms with E-state index in [-0.39, 0.29) is 24.3 Å². The second kappa shape index (κ2) is 7.04. The molecule has 6 heteroatoms. The Morgan fingerprint density at radius 3 is 3.10 bits per heavy atom. The van der Waals surface area contributed by atoms with Crippen molar-refractivity contribution in [1.82, 2.24) is 10.2 Å². The Balaban J connectivity index is 1.91. The minimum Gasteiger partial charge on any atom is -0.481 e. The molecule has 0 radical (unpaired) electrons. The molecule has 0 aliphatic carbocycles. The van der Waals surface area contributed by atoms with Crippen LogP contribution >= 0.6 is 15.9 Å². The van der Waals surface area contributed by atoms with E-state index in [2.05, 4.69) is 21.2 Å². The number of likely N-dealkylation sites (tertiary alicyclic amines) is 1. The van der Waals surface area contributed by atoms with Gasteiger partial charge in [-0.15, -0.1) is 0 Å². The van der Waals surface area contributed by atoms with Gasteiger partial charge in [-0.1, -0.05) is 15.9 Å². The first-order valence-electron chi connectivity index (χ1n) is 6.63. The van der Waals surface area contributed by atoms with Crippen molar-refractivity contribution in [2.24, 2.45) is 0 Å². The van der Waals surface area contributed by atoms with E-state index in [9.17, 15) is 9.18 Å². The van der Waals surface area contributed by atoms with Crippen molar-refractivity contribution >= 4 is 21.8 Å². The molecule has 1 fully saturated rings. The second-order valence-corrected chi connectivity index (χ2v) is 5.72. The van der Waals surface area contributed by atoms with Crippen LogP contribution in [0.25, 0.3) is 0 Å². The average molecular weight is 345 g/mol. The average Bonchev–Trinajstić information content (AvgIpc) is 2.86. The van der Waals surface area contributed by atoms with Crippen molar-refractivity contribution in [2.75, 3.05) is 26.7 Å². The maximum absolute atomic E-state index is 13.6. The van der Waals surface area contributed by atoms with Crippen molar-refractivity contribution in [3.05, 3.63) is 28.5 Å². The van der Waals surface area contributed by atoms with Crippen molar-refractivity contribution in [3.8, 4) is 5.75 Å². The lowest BCUT2D eigenvalue weighted by molar-refractivity contribution is -0.134. The van der Waals surface area contributed by atoms with Gasteiger partial charge in [0, 0.05) is 23.6 Å². The molecule has 1 N–H and O–H groups in total. The zero-order valence-corrected chi connectivity index (χ0v) is 13.0. The Morgan fingerprint density at radius 2 is 2.40 bits per heavy atom.